The maximum atomic E-state index is 4.32. The van der Waals surface area contributed by atoms with Gasteiger partial charge in [0.05, 0.1) is 0 Å². The van der Waals surface area contributed by atoms with Crippen LogP contribution in [0.5, 0.6) is 0 Å². The van der Waals surface area contributed by atoms with Crippen LogP contribution in [0.1, 0.15) is 38.3 Å². The summed E-state index contributed by atoms with van der Waals surface area (Å²) in [6.07, 6.45) is 5.14. The highest BCUT2D eigenvalue weighted by Crippen LogP contribution is 2.19. The van der Waals surface area contributed by atoms with Crippen LogP contribution in [0, 0.1) is 12.8 Å². The van der Waals surface area contributed by atoms with E-state index in [-0.39, 0.29) is 0 Å². The summed E-state index contributed by atoms with van der Waals surface area (Å²) in [5.74, 6) is 0.683. The second-order valence-corrected chi connectivity index (χ2v) is 6.12. The molecule has 0 saturated carbocycles. The van der Waals surface area contributed by atoms with E-state index in [4.69, 9.17) is 0 Å². The fourth-order valence-electron chi connectivity index (χ4n) is 2.95. The fourth-order valence-corrected chi connectivity index (χ4v) is 2.95. The smallest absolute Gasteiger partial charge is 0.0313 e. The summed E-state index contributed by atoms with van der Waals surface area (Å²) in [6, 6.07) is 3.52. The number of nitrogens with one attached hydrogen (secondary N) is 1. The second kappa shape index (κ2) is 6.49. The van der Waals surface area contributed by atoms with E-state index in [9.17, 15) is 0 Å². The van der Waals surface area contributed by atoms with E-state index in [0.29, 0.717) is 18.0 Å². The number of aryl methyl sites for hydroxylation is 1. The van der Waals surface area contributed by atoms with Gasteiger partial charge in [-0.1, -0.05) is 26.8 Å². The van der Waals surface area contributed by atoms with Crippen molar-refractivity contribution < 1.29 is 0 Å². The number of nitrogens with zero attached hydrogens (tertiary/aromatic N) is 2. The molecule has 0 bridgehead atoms. The van der Waals surface area contributed by atoms with Gasteiger partial charge in [-0.25, -0.2) is 0 Å². The van der Waals surface area contributed by atoms with Crippen LogP contribution in [0.25, 0.3) is 0 Å². The molecule has 2 rings (SSSR count). The van der Waals surface area contributed by atoms with Gasteiger partial charge in [0.25, 0.3) is 0 Å². The molecule has 0 amide bonds. The summed E-state index contributed by atoms with van der Waals surface area (Å²) < 4.78 is 0. The average Bonchev–Trinajstić information content (AvgIpc) is 2.38. The van der Waals surface area contributed by atoms with Gasteiger partial charge in [0.2, 0.25) is 0 Å². The minimum Gasteiger partial charge on any atom is -0.311 e. The molecule has 1 aromatic rings. The van der Waals surface area contributed by atoms with Crippen molar-refractivity contribution in [1.82, 2.24) is 15.2 Å². The largest absolute Gasteiger partial charge is 0.311 e. The van der Waals surface area contributed by atoms with Gasteiger partial charge in [-0.15, -0.1) is 0 Å². The Labute approximate surface area is 117 Å². The van der Waals surface area contributed by atoms with E-state index < -0.39 is 0 Å². The highest BCUT2D eigenvalue weighted by Gasteiger charge is 2.28. The first-order valence-electron chi connectivity index (χ1n) is 7.48. The number of rotatable bonds is 4. The molecule has 3 heteroatoms. The van der Waals surface area contributed by atoms with Crippen LogP contribution in [0.3, 0.4) is 0 Å². The first-order chi connectivity index (χ1) is 9.10. The molecule has 1 aliphatic rings. The lowest BCUT2D eigenvalue weighted by atomic mass is 9.97. The van der Waals surface area contributed by atoms with Crippen molar-refractivity contribution in [2.45, 2.75) is 52.7 Å². The Hall–Kier alpha value is -0.930. The predicted octanol–water partition coefficient (Wildman–Crippen LogP) is 2.60. The standard InChI is InChI=1S/C16H27N3/c1-5-15-11-19(16(9-18-15)12(2)3)10-14-6-13(4)7-17-8-14/h6-8,12,15-16,18H,5,9-11H2,1-4H3. The molecule has 3 nitrogen and oxygen atoms in total. The SMILES string of the molecule is CCC1CN(Cc2cncc(C)c2)C(C(C)C)CN1. The summed E-state index contributed by atoms with van der Waals surface area (Å²) in [4.78, 5) is 6.95. The lowest BCUT2D eigenvalue weighted by Gasteiger charge is -2.42. The Morgan fingerprint density at radius 2 is 2.21 bits per heavy atom. The first kappa shape index (κ1) is 14.5. The van der Waals surface area contributed by atoms with E-state index in [0.717, 1.165) is 19.6 Å². The summed E-state index contributed by atoms with van der Waals surface area (Å²) in [5, 5.41) is 3.67. The van der Waals surface area contributed by atoms with E-state index in [1.807, 2.05) is 12.4 Å². The van der Waals surface area contributed by atoms with Crippen molar-refractivity contribution in [3.05, 3.63) is 29.6 Å². The van der Waals surface area contributed by atoms with Crippen molar-refractivity contribution in [2.75, 3.05) is 13.1 Å². The van der Waals surface area contributed by atoms with Gasteiger partial charge in [0.1, 0.15) is 0 Å². The summed E-state index contributed by atoms with van der Waals surface area (Å²) in [5.41, 5.74) is 2.59. The highest BCUT2D eigenvalue weighted by molar-refractivity contribution is 5.16. The van der Waals surface area contributed by atoms with Gasteiger partial charge in [0, 0.05) is 44.1 Å². The summed E-state index contributed by atoms with van der Waals surface area (Å²) in [7, 11) is 0. The van der Waals surface area contributed by atoms with E-state index in [1.54, 1.807) is 0 Å². The Kier molecular flexibility index (Phi) is 4.94. The van der Waals surface area contributed by atoms with Gasteiger partial charge >= 0.3 is 0 Å². The second-order valence-electron chi connectivity index (χ2n) is 6.12. The number of aromatic nitrogens is 1. The number of pyridine rings is 1. The quantitative estimate of drug-likeness (QED) is 0.903. The topological polar surface area (TPSA) is 28.2 Å². The minimum atomic E-state index is 0.628. The molecule has 2 heterocycles. The molecule has 1 fully saturated rings. The molecule has 0 radical (unpaired) electrons. The van der Waals surface area contributed by atoms with E-state index in [2.05, 4.69) is 49.0 Å². The first-order valence-corrected chi connectivity index (χ1v) is 7.48. The molecule has 1 saturated heterocycles. The van der Waals surface area contributed by atoms with Crippen LogP contribution in [-0.4, -0.2) is 35.1 Å². The minimum absolute atomic E-state index is 0.628. The van der Waals surface area contributed by atoms with Gasteiger partial charge in [-0.2, -0.15) is 0 Å². The summed E-state index contributed by atoms with van der Waals surface area (Å²) >= 11 is 0. The molecule has 1 N–H and O–H groups in total. The molecule has 106 valence electrons. The highest BCUT2D eigenvalue weighted by atomic mass is 15.2. The molecule has 1 aromatic heterocycles. The van der Waals surface area contributed by atoms with Crippen LogP contribution in [-0.2, 0) is 6.54 Å². The monoisotopic (exact) mass is 261 g/mol. The van der Waals surface area contributed by atoms with Crippen molar-refractivity contribution in [2.24, 2.45) is 5.92 Å². The number of piperazine rings is 1. The number of hydrogen-bond acceptors (Lipinski definition) is 3. The zero-order valence-electron chi connectivity index (χ0n) is 12.7. The Balaban J connectivity index is 2.09. The van der Waals surface area contributed by atoms with Crippen LogP contribution in [0.15, 0.2) is 18.5 Å². The third-order valence-corrected chi connectivity index (χ3v) is 4.12. The predicted molar refractivity (Wildman–Crippen MR) is 80.1 cm³/mol. The van der Waals surface area contributed by atoms with Crippen molar-refractivity contribution >= 4 is 0 Å². The molecular formula is C16H27N3. The lowest BCUT2D eigenvalue weighted by molar-refractivity contribution is 0.0899. The molecule has 0 spiro atoms. The summed E-state index contributed by atoms with van der Waals surface area (Å²) in [6.45, 7) is 12.3. The van der Waals surface area contributed by atoms with Crippen LogP contribution < -0.4 is 5.32 Å². The van der Waals surface area contributed by atoms with Crippen molar-refractivity contribution in [3.63, 3.8) is 0 Å². The van der Waals surface area contributed by atoms with Gasteiger partial charge < -0.3 is 5.32 Å². The number of hydrogen-bond donors (Lipinski definition) is 1. The average molecular weight is 261 g/mol. The Bertz CT molecular complexity index is 403. The van der Waals surface area contributed by atoms with Crippen LogP contribution in [0.2, 0.25) is 0 Å². The third kappa shape index (κ3) is 3.77. The molecule has 2 atom stereocenters. The zero-order chi connectivity index (χ0) is 13.8. The molecule has 0 aromatic carbocycles. The van der Waals surface area contributed by atoms with Gasteiger partial charge in [0.15, 0.2) is 0 Å². The maximum Gasteiger partial charge on any atom is 0.0313 e. The van der Waals surface area contributed by atoms with Gasteiger partial charge in [-0.3, -0.25) is 9.88 Å². The molecule has 19 heavy (non-hydrogen) atoms. The van der Waals surface area contributed by atoms with Gasteiger partial charge in [-0.05, 0) is 30.4 Å². The van der Waals surface area contributed by atoms with E-state index >= 15 is 0 Å². The van der Waals surface area contributed by atoms with Crippen LogP contribution >= 0.6 is 0 Å². The lowest BCUT2D eigenvalue weighted by Crippen LogP contribution is -2.57. The van der Waals surface area contributed by atoms with Crippen molar-refractivity contribution in [3.8, 4) is 0 Å². The molecule has 2 unspecified atom stereocenters. The van der Waals surface area contributed by atoms with E-state index in [1.165, 1.54) is 17.5 Å². The Morgan fingerprint density at radius 3 is 2.84 bits per heavy atom. The molecule has 1 aliphatic heterocycles. The zero-order valence-corrected chi connectivity index (χ0v) is 12.7. The van der Waals surface area contributed by atoms with Crippen molar-refractivity contribution in [1.29, 1.82) is 0 Å². The Morgan fingerprint density at radius 1 is 1.42 bits per heavy atom. The normalized spacial score (nSPS) is 24.9. The third-order valence-electron chi connectivity index (χ3n) is 4.12. The van der Waals surface area contributed by atoms with Crippen LogP contribution in [0.4, 0.5) is 0 Å². The molecular weight excluding hydrogens is 234 g/mol. The maximum absolute atomic E-state index is 4.32. The molecule has 0 aliphatic carbocycles. The fraction of sp³-hybridized carbons (Fsp3) is 0.688.